The predicted octanol–water partition coefficient (Wildman–Crippen LogP) is 1.84. The van der Waals surface area contributed by atoms with Crippen LogP contribution < -0.4 is 0 Å². The highest BCUT2D eigenvalue weighted by Crippen LogP contribution is 2.28. The molecule has 0 radical (unpaired) electrons. The van der Waals surface area contributed by atoms with Crippen LogP contribution in [0.4, 0.5) is 8.78 Å². The maximum atomic E-state index is 13.2. The Bertz CT molecular complexity index is 662. The fraction of sp³-hybridized carbons (Fsp3) is 0.462. The summed E-state index contributed by atoms with van der Waals surface area (Å²) in [5.74, 6) is -4.24. The standard InChI is InChI=1S/C13H15F2NO4S/c1-8-2-3-9(13(17)18)7-16(8)21(19,20)10-4-5-11(14)12(15)6-10/h4-6,8-9H,2-3,7H2,1H3,(H,17,18). The molecule has 2 atom stereocenters. The van der Waals surface area contributed by atoms with Crippen LogP contribution >= 0.6 is 0 Å². The maximum Gasteiger partial charge on any atom is 0.307 e. The topological polar surface area (TPSA) is 74.7 Å². The van der Waals surface area contributed by atoms with Gasteiger partial charge < -0.3 is 5.11 Å². The van der Waals surface area contributed by atoms with Crippen molar-refractivity contribution in [3.8, 4) is 0 Å². The fourth-order valence-corrected chi connectivity index (χ4v) is 4.10. The van der Waals surface area contributed by atoms with Crippen LogP contribution in [0.2, 0.25) is 0 Å². The predicted molar refractivity (Wildman–Crippen MR) is 70.1 cm³/mol. The minimum atomic E-state index is -4.05. The van der Waals surface area contributed by atoms with Crippen molar-refractivity contribution in [1.82, 2.24) is 4.31 Å². The third-order valence-corrected chi connectivity index (χ3v) is 5.65. The summed E-state index contributed by atoms with van der Waals surface area (Å²) in [6.45, 7) is 1.49. The second-order valence-electron chi connectivity index (χ2n) is 5.11. The Kier molecular flexibility index (Phi) is 4.29. The van der Waals surface area contributed by atoms with Crippen molar-refractivity contribution in [3.63, 3.8) is 0 Å². The molecule has 8 heteroatoms. The van der Waals surface area contributed by atoms with Crippen LogP contribution in [0.1, 0.15) is 19.8 Å². The lowest BCUT2D eigenvalue weighted by molar-refractivity contribution is -0.143. The Morgan fingerprint density at radius 1 is 1.29 bits per heavy atom. The van der Waals surface area contributed by atoms with E-state index in [1.807, 2.05) is 0 Å². The number of piperidine rings is 1. The van der Waals surface area contributed by atoms with Gasteiger partial charge in [-0.1, -0.05) is 0 Å². The second-order valence-corrected chi connectivity index (χ2v) is 7.00. The molecular formula is C13H15F2NO4S. The summed E-state index contributed by atoms with van der Waals surface area (Å²) < 4.78 is 52.1. The van der Waals surface area contributed by atoms with Gasteiger partial charge in [-0.05, 0) is 38.0 Å². The number of hydrogen-bond donors (Lipinski definition) is 1. The molecule has 0 spiro atoms. The number of rotatable bonds is 3. The van der Waals surface area contributed by atoms with Crippen molar-refractivity contribution in [1.29, 1.82) is 0 Å². The van der Waals surface area contributed by atoms with Crippen molar-refractivity contribution in [3.05, 3.63) is 29.8 Å². The van der Waals surface area contributed by atoms with Crippen molar-refractivity contribution < 1.29 is 27.1 Å². The Labute approximate surface area is 121 Å². The first-order valence-corrected chi connectivity index (χ1v) is 7.87. The number of nitrogens with zero attached hydrogens (tertiary/aromatic N) is 1. The van der Waals surface area contributed by atoms with Gasteiger partial charge in [0.1, 0.15) is 0 Å². The normalized spacial score (nSPS) is 24.0. The van der Waals surface area contributed by atoms with Crippen LogP contribution in [0.3, 0.4) is 0 Å². The van der Waals surface area contributed by atoms with Gasteiger partial charge >= 0.3 is 5.97 Å². The first-order chi connectivity index (χ1) is 9.73. The summed E-state index contributed by atoms with van der Waals surface area (Å²) in [6, 6.07) is 1.94. The Balaban J connectivity index is 2.36. The largest absolute Gasteiger partial charge is 0.481 e. The van der Waals surface area contributed by atoms with Gasteiger partial charge in [0.15, 0.2) is 11.6 Å². The summed E-state index contributed by atoms with van der Waals surface area (Å²) in [6.07, 6.45) is 0.792. The highest BCUT2D eigenvalue weighted by molar-refractivity contribution is 7.89. The number of aliphatic carboxylic acids is 1. The van der Waals surface area contributed by atoms with E-state index in [2.05, 4.69) is 0 Å². The molecule has 1 N–H and O–H groups in total. The van der Waals surface area contributed by atoms with E-state index >= 15 is 0 Å². The molecule has 5 nitrogen and oxygen atoms in total. The monoisotopic (exact) mass is 319 g/mol. The highest BCUT2D eigenvalue weighted by Gasteiger charge is 2.37. The SMILES string of the molecule is CC1CCC(C(=O)O)CN1S(=O)(=O)c1ccc(F)c(F)c1. The van der Waals surface area contributed by atoms with Gasteiger partial charge in [0.25, 0.3) is 0 Å². The molecule has 1 aromatic carbocycles. The summed E-state index contributed by atoms with van der Waals surface area (Å²) in [5, 5.41) is 9.03. The molecule has 1 fully saturated rings. The quantitative estimate of drug-likeness (QED) is 0.922. The molecule has 1 saturated heterocycles. The summed E-state index contributed by atoms with van der Waals surface area (Å²) in [5.41, 5.74) is 0. The lowest BCUT2D eigenvalue weighted by Crippen LogP contribution is -2.47. The summed E-state index contributed by atoms with van der Waals surface area (Å²) in [7, 11) is -4.05. The molecule has 1 aromatic rings. The van der Waals surface area contributed by atoms with Crippen LogP contribution in [0, 0.1) is 17.6 Å². The van der Waals surface area contributed by atoms with Gasteiger partial charge in [-0.25, -0.2) is 17.2 Å². The van der Waals surface area contributed by atoms with E-state index < -0.39 is 39.6 Å². The molecular weight excluding hydrogens is 304 g/mol. The Morgan fingerprint density at radius 2 is 1.95 bits per heavy atom. The minimum Gasteiger partial charge on any atom is -0.481 e. The first kappa shape index (κ1) is 15.8. The third-order valence-electron chi connectivity index (χ3n) is 3.67. The number of sulfonamides is 1. The van der Waals surface area contributed by atoms with E-state index in [0.29, 0.717) is 18.9 Å². The molecule has 0 aliphatic carbocycles. The van der Waals surface area contributed by atoms with Gasteiger partial charge in [-0.15, -0.1) is 0 Å². The molecule has 2 unspecified atom stereocenters. The van der Waals surface area contributed by atoms with Crippen LogP contribution in [0.25, 0.3) is 0 Å². The first-order valence-electron chi connectivity index (χ1n) is 6.43. The number of carboxylic acids is 1. The van der Waals surface area contributed by atoms with E-state index in [-0.39, 0.29) is 11.4 Å². The second kappa shape index (κ2) is 5.69. The van der Waals surface area contributed by atoms with Crippen LogP contribution in [0.15, 0.2) is 23.1 Å². The summed E-state index contributed by atoms with van der Waals surface area (Å²) >= 11 is 0. The zero-order valence-electron chi connectivity index (χ0n) is 11.3. The lowest BCUT2D eigenvalue weighted by Gasteiger charge is -2.35. The van der Waals surface area contributed by atoms with Crippen LogP contribution in [-0.4, -0.2) is 36.4 Å². The van der Waals surface area contributed by atoms with Crippen LogP contribution in [-0.2, 0) is 14.8 Å². The maximum absolute atomic E-state index is 13.2. The molecule has 2 rings (SSSR count). The van der Waals surface area contributed by atoms with Crippen molar-refractivity contribution in [2.24, 2.45) is 5.92 Å². The molecule has 0 aromatic heterocycles. The van der Waals surface area contributed by atoms with Gasteiger partial charge in [0.05, 0.1) is 10.8 Å². The molecule has 0 saturated carbocycles. The average molecular weight is 319 g/mol. The molecule has 1 heterocycles. The zero-order valence-corrected chi connectivity index (χ0v) is 12.1. The molecule has 116 valence electrons. The Hall–Kier alpha value is -1.54. The highest BCUT2D eigenvalue weighted by atomic mass is 32.2. The van der Waals surface area contributed by atoms with E-state index in [9.17, 15) is 22.0 Å². The van der Waals surface area contributed by atoms with Crippen molar-refractivity contribution >= 4 is 16.0 Å². The minimum absolute atomic E-state index is 0.169. The third kappa shape index (κ3) is 3.06. The van der Waals surface area contributed by atoms with Gasteiger partial charge in [-0.2, -0.15) is 4.31 Å². The van der Waals surface area contributed by atoms with Gasteiger partial charge in [0, 0.05) is 12.6 Å². The molecule has 0 amide bonds. The van der Waals surface area contributed by atoms with E-state index in [1.54, 1.807) is 6.92 Å². The smallest absolute Gasteiger partial charge is 0.307 e. The molecule has 0 bridgehead atoms. The van der Waals surface area contributed by atoms with Crippen molar-refractivity contribution in [2.75, 3.05) is 6.54 Å². The lowest BCUT2D eigenvalue weighted by atomic mass is 9.96. The Morgan fingerprint density at radius 3 is 2.52 bits per heavy atom. The average Bonchev–Trinajstić information content (AvgIpc) is 2.41. The van der Waals surface area contributed by atoms with E-state index in [4.69, 9.17) is 5.11 Å². The number of carboxylic acid groups (broad SMARTS) is 1. The molecule has 1 aliphatic rings. The van der Waals surface area contributed by atoms with Crippen LogP contribution in [0.5, 0.6) is 0 Å². The number of halogens is 2. The van der Waals surface area contributed by atoms with E-state index in [0.717, 1.165) is 16.4 Å². The zero-order chi connectivity index (χ0) is 15.8. The summed E-state index contributed by atoms with van der Waals surface area (Å²) in [4.78, 5) is 10.7. The van der Waals surface area contributed by atoms with Gasteiger partial charge in [-0.3, -0.25) is 4.79 Å². The number of carbonyl (C=O) groups is 1. The number of benzene rings is 1. The van der Waals surface area contributed by atoms with Crippen molar-refractivity contribution in [2.45, 2.75) is 30.7 Å². The van der Waals surface area contributed by atoms with E-state index in [1.165, 1.54) is 0 Å². The molecule has 21 heavy (non-hydrogen) atoms. The number of hydrogen-bond acceptors (Lipinski definition) is 3. The van der Waals surface area contributed by atoms with Gasteiger partial charge in [0.2, 0.25) is 10.0 Å². The fourth-order valence-electron chi connectivity index (χ4n) is 2.38. The molecule has 1 aliphatic heterocycles.